The molecular weight excluding hydrogens is 446 g/mol. The largest absolute Gasteiger partial charge is 0.493 e. The molecule has 0 aliphatic carbocycles. The average Bonchev–Trinajstić information content (AvgIpc) is 3.22. The highest BCUT2D eigenvalue weighted by molar-refractivity contribution is 5.95. The Bertz CT molecular complexity index is 1340. The number of nitrogens with zero attached hydrogens (tertiary/aromatic N) is 2. The summed E-state index contributed by atoms with van der Waals surface area (Å²) < 4.78 is 8.44. The van der Waals surface area contributed by atoms with Crippen LogP contribution in [-0.4, -0.2) is 22.1 Å². The van der Waals surface area contributed by atoms with Crippen molar-refractivity contribution in [3.63, 3.8) is 0 Å². The molecule has 0 radical (unpaired) electrons. The van der Waals surface area contributed by atoms with E-state index in [0.717, 1.165) is 47.6 Å². The summed E-state index contributed by atoms with van der Waals surface area (Å²) in [7, 11) is 0. The van der Waals surface area contributed by atoms with Crippen molar-refractivity contribution in [2.75, 3.05) is 6.61 Å². The smallest absolute Gasteiger partial charge is 0.252 e. The van der Waals surface area contributed by atoms with Crippen LogP contribution in [-0.2, 0) is 6.54 Å². The zero-order valence-electron chi connectivity index (χ0n) is 22.0. The third-order valence-corrected chi connectivity index (χ3v) is 6.63. The summed E-state index contributed by atoms with van der Waals surface area (Å²) in [5.41, 5.74) is 6.16. The summed E-state index contributed by atoms with van der Waals surface area (Å²) in [5, 5.41) is 3.15. The number of fused-ring (bicyclic) bond motifs is 1. The highest BCUT2D eigenvalue weighted by Gasteiger charge is 2.19. The molecule has 0 bridgehead atoms. The molecule has 36 heavy (non-hydrogen) atoms. The van der Waals surface area contributed by atoms with Gasteiger partial charge in [0.15, 0.2) is 0 Å². The van der Waals surface area contributed by atoms with E-state index in [1.54, 1.807) is 0 Å². The number of hydrogen-bond acceptors (Lipinski definition) is 3. The Morgan fingerprint density at radius 1 is 0.972 bits per heavy atom. The number of carbonyl (C=O) groups is 1. The highest BCUT2D eigenvalue weighted by atomic mass is 16.5. The first-order chi connectivity index (χ1) is 17.3. The number of para-hydroxylation sites is 2. The first-order valence-electron chi connectivity index (χ1n) is 12.9. The second kappa shape index (κ2) is 11.4. The second-order valence-electron chi connectivity index (χ2n) is 9.87. The van der Waals surface area contributed by atoms with Gasteiger partial charge in [-0.25, -0.2) is 4.98 Å². The Kier molecular flexibility index (Phi) is 8.09. The van der Waals surface area contributed by atoms with Crippen molar-refractivity contribution < 1.29 is 9.53 Å². The van der Waals surface area contributed by atoms with Gasteiger partial charge in [-0.1, -0.05) is 56.3 Å². The molecule has 0 fully saturated rings. The van der Waals surface area contributed by atoms with Crippen molar-refractivity contribution in [3.8, 4) is 5.75 Å². The van der Waals surface area contributed by atoms with E-state index >= 15 is 0 Å². The number of ether oxygens (including phenoxy) is 1. The van der Waals surface area contributed by atoms with Crippen molar-refractivity contribution in [2.45, 2.75) is 66.0 Å². The van der Waals surface area contributed by atoms with Gasteiger partial charge in [0.2, 0.25) is 0 Å². The van der Waals surface area contributed by atoms with Crippen LogP contribution < -0.4 is 10.1 Å². The van der Waals surface area contributed by atoms with Gasteiger partial charge >= 0.3 is 0 Å². The number of imidazole rings is 1. The third-order valence-electron chi connectivity index (χ3n) is 6.63. The number of rotatable bonds is 10. The normalized spacial score (nSPS) is 12.2. The number of carbonyl (C=O) groups excluding carboxylic acids is 1. The van der Waals surface area contributed by atoms with Gasteiger partial charge in [0.1, 0.15) is 11.6 Å². The van der Waals surface area contributed by atoms with Crippen LogP contribution in [0.25, 0.3) is 11.0 Å². The predicted molar refractivity (Wildman–Crippen MR) is 147 cm³/mol. The maximum atomic E-state index is 12.9. The minimum Gasteiger partial charge on any atom is -0.493 e. The molecule has 4 rings (SSSR count). The van der Waals surface area contributed by atoms with Gasteiger partial charge < -0.3 is 14.6 Å². The maximum absolute atomic E-state index is 12.9. The fourth-order valence-electron chi connectivity index (χ4n) is 4.62. The number of unbranched alkanes of at least 4 members (excludes halogenated alkanes) is 1. The molecule has 0 saturated carbocycles. The van der Waals surface area contributed by atoms with Crippen molar-refractivity contribution >= 4 is 16.9 Å². The minimum absolute atomic E-state index is 0.0771. The molecule has 1 amide bonds. The van der Waals surface area contributed by atoms with Gasteiger partial charge in [0.05, 0.1) is 23.7 Å². The molecule has 3 aromatic carbocycles. The summed E-state index contributed by atoms with van der Waals surface area (Å²) in [4.78, 5) is 17.8. The van der Waals surface area contributed by atoms with Crippen LogP contribution in [0.1, 0.15) is 78.4 Å². The van der Waals surface area contributed by atoms with Gasteiger partial charge in [-0.2, -0.15) is 0 Å². The molecule has 0 saturated heterocycles. The van der Waals surface area contributed by atoms with Gasteiger partial charge in [-0.3, -0.25) is 4.79 Å². The summed E-state index contributed by atoms with van der Waals surface area (Å²) in [6, 6.07) is 22.1. The van der Waals surface area contributed by atoms with Gasteiger partial charge in [-0.05, 0) is 80.5 Å². The molecule has 4 aromatic rings. The number of nitrogens with one attached hydrogen (secondary N) is 1. The van der Waals surface area contributed by atoms with Crippen LogP contribution in [0.4, 0.5) is 0 Å². The Morgan fingerprint density at radius 2 is 1.72 bits per heavy atom. The van der Waals surface area contributed by atoms with Crippen LogP contribution in [0.15, 0.2) is 66.7 Å². The average molecular weight is 484 g/mol. The molecule has 188 valence electrons. The summed E-state index contributed by atoms with van der Waals surface area (Å²) in [6.07, 6.45) is 1.88. The SMILES string of the molecule is Cc1ccc(C(C)C)c(OCCCCn2c(C(C)NC(=O)c3ccccc3C)nc3ccccc32)c1. The van der Waals surface area contributed by atoms with Gasteiger partial charge in [0, 0.05) is 12.1 Å². The number of amides is 1. The van der Waals surface area contributed by atoms with E-state index in [0.29, 0.717) is 18.1 Å². The lowest BCUT2D eigenvalue weighted by molar-refractivity contribution is 0.0937. The van der Waals surface area contributed by atoms with E-state index in [2.05, 4.69) is 54.9 Å². The second-order valence-corrected chi connectivity index (χ2v) is 9.87. The van der Waals surface area contributed by atoms with E-state index in [4.69, 9.17) is 9.72 Å². The zero-order chi connectivity index (χ0) is 25.7. The lowest BCUT2D eigenvalue weighted by Crippen LogP contribution is -2.29. The molecule has 0 aliphatic heterocycles. The Morgan fingerprint density at radius 3 is 2.50 bits per heavy atom. The Labute approximate surface area is 214 Å². The molecular formula is C31H37N3O2. The lowest BCUT2D eigenvalue weighted by Gasteiger charge is -2.18. The molecule has 1 N–H and O–H groups in total. The monoisotopic (exact) mass is 483 g/mol. The van der Waals surface area contributed by atoms with E-state index in [-0.39, 0.29) is 11.9 Å². The van der Waals surface area contributed by atoms with Crippen molar-refractivity contribution in [1.29, 1.82) is 0 Å². The minimum atomic E-state index is -0.221. The standard InChI is InChI=1S/C31H37N3O2/c1-21(2)25-17-16-22(3)20-29(25)36-19-11-10-18-34-28-15-9-8-14-27(28)33-30(34)24(5)32-31(35)26-13-7-6-12-23(26)4/h6-9,12-17,20-21,24H,10-11,18-19H2,1-5H3,(H,32,35). The Hall–Kier alpha value is -3.60. The van der Waals surface area contributed by atoms with Crippen LogP contribution in [0.2, 0.25) is 0 Å². The van der Waals surface area contributed by atoms with E-state index in [1.165, 1.54) is 11.1 Å². The fraction of sp³-hybridized carbons (Fsp3) is 0.355. The molecule has 1 unspecified atom stereocenters. The fourth-order valence-corrected chi connectivity index (χ4v) is 4.62. The molecule has 0 spiro atoms. The van der Waals surface area contributed by atoms with Gasteiger partial charge in [0.25, 0.3) is 5.91 Å². The lowest BCUT2D eigenvalue weighted by atomic mass is 10.0. The molecule has 1 heterocycles. The molecule has 1 atom stereocenters. The highest BCUT2D eigenvalue weighted by Crippen LogP contribution is 2.28. The first kappa shape index (κ1) is 25.5. The van der Waals surface area contributed by atoms with Crippen LogP contribution in [0.3, 0.4) is 0 Å². The van der Waals surface area contributed by atoms with Crippen LogP contribution in [0, 0.1) is 13.8 Å². The predicted octanol–water partition coefficient (Wildman–Crippen LogP) is 7.13. The first-order valence-corrected chi connectivity index (χ1v) is 12.9. The summed E-state index contributed by atoms with van der Waals surface area (Å²) >= 11 is 0. The number of hydrogen-bond donors (Lipinski definition) is 1. The Balaban J connectivity index is 1.44. The topological polar surface area (TPSA) is 56.1 Å². The van der Waals surface area contributed by atoms with Gasteiger partial charge in [-0.15, -0.1) is 0 Å². The molecule has 0 aliphatic rings. The summed E-state index contributed by atoms with van der Waals surface area (Å²) in [5.74, 6) is 2.22. The quantitative estimate of drug-likeness (QED) is 0.244. The summed E-state index contributed by atoms with van der Waals surface area (Å²) in [6.45, 7) is 11.9. The molecule has 5 heteroatoms. The maximum Gasteiger partial charge on any atom is 0.252 e. The number of aryl methyl sites for hydroxylation is 3. The van der Waals surface area contributed by atoms with E-state index in [1.807, 2.05) is 56.3 Å². The zero-order valence-corrected chi connectivity index (χ0v) is 22.0. The van der Waals surface area contributed by atoms with Crippen LogP contribution >= 0.6 is 0 Å². The number of aromatic nitrogens is 2. The van der Waals surface area contributed by atoms with E-state index in [9.17, 15) is 4.79 Å². The number of benzene rings is 3. The van der Waals surface area contributed by atoms with E-state index < -0.39 is 0 Å². The van der Waals surface area contributed by atoms with Crippen molar-refractivity contribution in [2.24, 2.45) is 0 Å². The molecule has 1 aromatic heterocycles. The third kappa shape index (κ3) is 5.78. The van der Waals surface area contributed by atoms with Crippen molar-refractivity contribution in [1.82, 2.24) is 14.9 Å². The van der Waals surface area contributed by atoms with Crippen molar-refractivity contribution in [3.05, 3.63) is 94.8 Å². The molecule has 5 nitrogen and oxygen atoms in total. The van der Waals surface area contributed by atoms with Crippen LogP contribution in [0.5, 0.6) is 5.75 Å².